The number of ether oxygens (including phenoxy) is 1. The highest BCUT2D eigenvalue weighted by Gasteiger charge is 2.24. The van der Waals surface area contributed by atoms with E-state index in [0.717, 1.165) is 35.5 Å². The number of nitrogens with one attached hydrogen (secondary N) is 2. The molecule has 23 heavy (non-hydrogen) atoms. The Bertz CT molecular complexity index is 739. The molecule has 120 valence electrons. The van der Waals surface area contributed by atoms with Gasteiger partial charge in [0, 0.05) is 11.6 Å². The number of hydrogen-bond donors (Lipinski definition) is 3. The normalized spacial score (nSPS) is 13.5. The molecule has 1 aliphatic rings. The van der Waals surface area contributed by atoms with E-state index in [9.17, 15) is 4.79 Å². The molecule has 0 bridgehead atoms. The van der Waals surface area contributed by atoms with Crippen LogP contribution in [-0.4, -0.2) is 19.1 Å². The molecule has 2 aromatic carbocycles. The van der Waals surface area contributed by atoms with Gasteiger partial charge >= 0.3 is 0 Å². The topological polar surface area (TPSA) is 76.4 Å². The number of rotatable bonds is 5. The summed E-state index contributed by atoms with van der Waals surface area (Å²) >= 11 is 0. The number of methoxy groups -OCH3 is 1. The Morgan fingerprint density at radius 1 is 1.17 bits per heavy atom. The third-order valence-electron chi connectivity index (χ3n) is 3.85. The lowest BCUT2D eigenvalue weighted by atomic mass is 10.1. The van der Waals surface area contributed by atoms with Crippen molar-refractivity contribution in [3.8, 4) is 5.75 Å². The molecule has 1 fully saturated rings. The van der Waals surface area contributed by atoms with Crippen LogP contribution in [0, 0.1) is 6.92 Å². The molecule has 0 radical (unpaired) electrons. The zero-order valence-corrected chi connectivity index (χ0v) is 13.3. The molecule has 3 rings (SSSR count). The van der Waals surface area contributed by atoms with Crippen molar-refractivity contribution < 1.29 is 9.53 Å². The molecular weight excluding hydrogens is 290 g/mol. The average Bonchev–Trinajstić information content (AvgIpc) is 3.33. The molecule has 2 aromatic rings. The van der Waals surface area contributed by atoms with E-state index in [0.29, 0.717) is 17.3 Å². The summed E-state index contributed by atoms with van der Waals surface area (Å²) in [6.07, 6.45) is 2.13. The third-order valence-corrected chi connectivity index (χ3v) is 3.85. The number of anilines is 3. The van der Waals surface area contributed by atoms with E-state index in [2.05, 4.69) is 10.6 Å². The Labute approximate surface area is 135 Å². The van der Waals surface area contributed by atoms with Gasteiger partial charge in [-0.25, -0.2) is 0 Å². The fraction of sp³-hybridized carbons (Fsp3) is 0.278. The molecular formula is C18H21N3O2. The second kappa shape index (κ2) is 6.20. The van der Waals surface area contributed by atoms with Crippen LogP contribution in [0.3, 0.4) is 0 Å². The summed E-state index contributed by atoms with van der Waals surface area (Å²) in [5.41, 5.74) is 9.91. The SMILES string of the molecule is COc1ccc(C)cc1Nc1ccc(C(=O)NC2CC2)cc1N. The van der Waals surface area contributed by atoms with Gasteiger partial charge in [0.15, 0.2) is 0 Å². The van der Waals surface area contributed by atoms with Crippen LogP contribution in [0.1, 0.15) is 28.8 Å². The van der Waals surface area contributed by atoms with E-state index in [1.54, 1.807) is 19.2 Å². The van der Waals surface area contributed by atoms with E-state index in [4.69, 9.17) is 10.5 Å². The van der Waals surface area contributed by atoms with Crippen LogP contribution in [0.15, 0.2) is 36.4 Å². The number of nitrogen functional groups attached to an aromatic ring is 1. The Hall–Kier alpha value is -2.69. The Morgan fingerprint density at radius 3 is 2.61 bits per heavy atom. The van der Waals surface area contributed by atoms with Crippen molar-refractivity contribution in [3.63, 3.8) is 0 Å². The Morgan fingerprint density at radius 2 is 1.96 bits per heavy atom. The van der Waals surface area contributed by atoms with Crippen molar-refractivity contribution in [2.45, 2.75) is 25.8 Å². The monoisotopic (exact) mass is 311 g/mol. The third kappa shape index (κ3) is 3.56. The van der Waals surface area contributed by atoms with Crippen molar-refractivity contribution in [1.29, 1.82) is 0 Å². The summed E-state index contributed by atoms with van der Waals surface area (Å²) in [4.78, 5) is 12.1. The first kappa shape index (κ1) is 15.2. The average molecular weight is 311 g/mol. The van der Waals surface area contributed by atoms with Crippen LogP contribution in [-0.2, 0) is 0 Å². The summed E-state index contributed by atoms with van der Waals surface area (Å²) in [5.74, 6) is 0.671. The zero-order chi connectivity index (χ0) is 16.4. The van der Waals surface area contributed by atoms with Gasteiger partial charge in [-0.3, -0.25) is 4.79 Å². The number of carbonyl (C=O) groups excluding carboxylic acids is 1. The van der Waals surface area contributed by atoms with E-state index < -0.39 is 0 Å². The van der Waals surface area contributed by atoms with Crippen LogP contribution < -0.4 is 21.1 Å². The number of benzene rings is 2. The molecule has 0 aromatic heterocycles. The smallest absolute Gasteiger partial charge is 0.251 e. The molecule has 0 spiro atoms. The highest BCUT2D eigenvalue weighted by atomic mass is 16.5. The minimum atomic E-state index is -0.0705. The summed E-state index contributed by atoms with van der Waals surface area (Å²) in [6.45, 7) is 2.01. The van der Waals surface area contributed by atoms with Crippen LogP contribution in [0.5, 0.6) is 5.75 Å². The van der Waals surface area contributed by atoms with Gasteiger partial charge in [0.1, 0.15) is 5.75 Å². The highest BCUT2D eigenvalue weighted by molar-refractivity contribution is 5.96. The first-order valence-electron chi connectivity index (χ1n) is 7.69. The summed E-state index contributed by atoms with van der Waals surface area (Å²) in [6, 6.07) is 11.5. The number of nitrogens with two attached hydrogens (primary N) is 1. The molecule has 0 unspecified atom stereocenters. The van der Waals surface area contributed by atoms with Gasteiger partial charge in [0.25, 0.3) is 5.91 Å². The van der Waals surface area contributed by atoms with Crippen molar-refractivity contribution in [2.75, 3.05) is 18.2 Å². The summed E-state index contributed by atoms with van der Waals surface area (Å²) < 4.78 is 5.36. The molecule has 4 N–H and O–H groups in total. The molecule has 1 aliphatic carbocycles. The van der Waals surface area contributed by atoms with Crippen molar-refractivity contribution in [1.82, 2.24) is 5.32 Å². The molecule has 0 heterocycles. The second-order valence-corrected chi connectivity index (χ2v) is 5.88. The molecule has 0 saturated heterocycles. The Kier molecular flexibility index (Phi) is 4.10. The van der Waals surface area contributed by atoms with Gasteiger partial charge in [-0.15, -0.1) is 0 Å². The lowest BCUT2D eigenvalue weighted by Gasteiger charge is -2.14. The maximum Gasteiger partial charge on any atom is 0.251 e. The molecule has 1 saturated carbocycles. The molecule has 0 atom stereocenters. The van der Waals surface area contributed by atoms with Gasteiger partial charge in [0.2, 0.25) is 0 Å². The van der Waals surface area contributed by atoms with Crippen LogP contribution in [0.4, 0.5) is 17.1 Å². The number of aryl methyl sites for hydroxylation is 1. The predicted molar refractivity (Wildman–Crippen MR) is 92.4 cm³/mol. The van der Waals surface area contributed by atoms with E-state index in [1.807, 2.05) is 31.2 Å². The molecule has 5 nitrogen and oxygen atoms in total. The fourth-order valence-corrected chi connectivity index (χ4v) is 2.38. The largest absolute Gasteiger partial charge is 0.495 e. The minimum Gasteiger partial charge on any atom is -0.495 e. The van der Waals surface area contributed by atoms with Crippen molar-refractivity contribution >= 4 is 23.0 Å². The summed E-state index contributed by atoms with van der Waals surface area (Å²) in [5, 5.41) is 6.23. The lowest BCUT2D eigenvalue weighted by molar-refractivity contribution is 0.0951. The fourth-order valence-electron chi connectivity index (χ4n) is 2.38. The van der Waals surface area contributed by atoms with E-state index in [-0.39, 0.29) is 5.91 Å². The minimum absolute atomic E-state index is 0.0705. The quantitative estimate of drug-likeness (QED) is 0.741. The molecule has 5 heteroatoms. The zero-order valence-electron chi connectivity index (χ0n) is 13.3. The van der Waals surface area contributed by atoms with Crippen molar-refractivity contribution in [2.24, 2.45) is 0 Å². The van der Waals surface area contributed by atoms with Gasteiger partial charge in [-0.2, -0.15) is 0 Å². The first-order valence-corrected chi connectivity index (χ1v) is 7.69. The van der Waals surface area contributed by atoms with Crippen LogP contribution in [0.2, 0.25) is 0 Å². The Balaban J connectivity index is 1.80. The maximum atomic E-state index is 12.1. The van der Waals surface area contributed by atoms with Crippen LogP contribution in [0.25, 0.3) is 0 Å². The maximum absolute atomic E-state index is 12.1. The van der Waals surface area contributed by atoms with Gasteiger partial charge in [0.05, 0.1) is 24.2 Å². The predicted octanol–water partition coefficient (Wildman–Crippen LogP) is 3.22. The van der Waals surface area contributed by atoms with E-state index >= 15 is 0 Å². The second-order valence-electron chi connectivity index (χ2n) is 5.88. The van der Waals surface area contributed by atoms with Gasteiger partial charge < -0.3 is 21.1 Å². The van der Waals surface area contributed by atoms with Crippen LogP contribution >= 0.6 is 0 Å². The highest BCUT2D eigenvalue weighted by Crippen LogP contribution is 2.31. The molecule has 0 aliphatic heterocycles. The lowest BCUT2D eigenvalue weighted by Crippen LogP contribution is -2.25. The van der Waals surface area contributed by atoms with Crippen molar-refractivity contribution in [3.05, 3.63) is 47.5 Å². The molecule has 1 amide bonds. The number of hydrogen-bond acceptors (Lipinski definition) is 4. The number of amides is 1. The van der Waals surface area contributed by atoms with Gasteiger partial charge in [-0.05, 0) is 55.7 Å². The summed E-state index contributed by atoms with van der Waals surface area (Å²) in [7, 11) is 1.63. The number of carbonyl (C=O) groups is 1. The van der Waals surface area contributed by atoms with E-state index in [1.165, 1.54) is 0 Å². The first-order chi connectivity index (χ1) is 11.1. The van der Waals surface area contributed by atoms with Gasteiger partial charge in [-0.1, -0.05) is 6.07 Å². The standard InChI is InChI=1S/C18H21N3O2/c1-11-3-8-17(23-2)16(9-11)21-15-7-4-12(10-14(15)19)18(22)20-13-5-6-13/h3-4,7-10,13,21H,5-6,19H2,1-2H3,(H,20,22).